The number of nitrogens with zero attached hydrogens (tertiary/aromatic N) is 3. The van der Waals surface area contributed by atoms with E-state index in [9.17, 15) is 9.59 Å². The molecule has 1 aliphatic carbocycles. The van der Waals surface area contributed by atoms with Gasteiger partial charge in [0, 0.05) is 11.1 Å². The topological polar surface area (TPSA) is 64.8 Å². The fourth-order valence-electron chi connectivity index (χ4n) is 2.19. The number of hydrogen-bond acceptors (Lipinski definition) is 4. The maximum atomic E-state index is 12.3. The van der Waals surface area contributed by atoms with Crippen LogP contribution in [0.15, 0.2) is 24.3 Å². The smallest absolute Gasteiger partial charge is 0.216 e. The Kier molecular flexibility index (Phi) is 2.74. The molecular weight excluding hydrogens is 242 g/mol. The van der Waals surface area contributed by atoms with Gasteiger partial charge in [-0.15, -0.1) is 10.2 Å². The molecule has 0 unspecified atom stereocenters. The Labute approximate surface area is 110 Å². The van der Waals surface area contributed by atoms with Gasteiger partial charge in [-0.3, -0.25) is 9.59 Å². The zero-order valence-electron chi connectivity index (χ0n) is 10.6. The summed E-state index contributed by atoms with van der Waals surface area (Å²) in [6.07, 6.45) is 1.93. The van der Waals surface area contributed by atoms with E-state index in [2.05, 4.69) is 17.1 Å². The van der Waals surface area contributed by atoms with E-state index >= 15 is 0 Å². The van der Waals surface area contributed by atoms with Crippen LogP contribution in [0.25, 0.3) is 0 Å². The van der Waals surface area contributed by atoms with Crippen LogP contribution < -0.4 is 0 Å². The van der Waals surface area contributed by atoms with E-state index in [1.54, 1.807) is 24.3 Å². The normalized spacial score (nSPS) is 13.3. The Balaban J connectivity index is 2.07. The number of carbonyl (C=O) groups excluding carboxylic acids is 2. The molecule has 0 aliphatic heterocycles. The second kappa shape index (κ2) is 4.42. The minimum absolute atomic E-state index is 0.180. The van der Waals surface area contributed by atoms with Crippen LogP contribution in [-0.2, 0) is 6.54 Å². The molecule has 0 saturated carbocycles. The number of aromatic nitrogens is 3. The van der Waals surface area contributed by atoms with E-state index in [1.165, 1.54) is 4.80 Å². The number of fused-ring (bicyclic) bond motifs is 2. The molecule has 19 heavy (non-hydrogen) atoms. The Bertz CT molecular complexity index is 621. The predicted molar refractivity (Wildman–Crippen MR) is 68.2 cm³/mol. The third kappa shape index (κ3) is 1.78. The second-order valence-electron chi connectivity index (χ2n) is 4.55. The summed E-state index contributed by atoms with van der Waals surface area (Å²) in [6, 6.07) is 6.81. The van der Waals surface area contributed by atoms with Crippen molar-refractivity contribution >= 4 is 11.6 Å². The number of carbonyl (C=O) groups is 2. The summed E-state index contributed by atoms with van der Waals surface area (Å²) in [6.45, 7) is 2.69. The average Bonchev–Trinajstić information content (AvgIpc) is 2.87. The number of aryl methyl sites for hydroxylation is 1. The molecule has 0 amide bonds. The predicted octanol–water partition coefficient (Wildman–Crippen LogP) is 1.85. The fourth-order valence-corrected chi connectivity index (χ4v) is 2.19. The molecule has 1 aliphatic rings. The van der Waals surface area contributed by atoms with Gasteiger partial charge in [-0.05, 0) is 6.42 Å². The largest absolute Gasteiger partial charge is 0.287 e. The van der Waals surface area contributed by atoms with Crippen molar-refractivity contribution in [1.29, 1.82) is 0 Å². The zero-order chi connectivity index (χ0) is 13.4. The van der Waals surface area contributed by atoms with Crippen LogP contribution in [0.1, 0.15) is 51.9 Å². The number of unbranched alkanes of at least 4 members (excludes halogenated alkanes) is 1. The number of benzene rings is 1. The summed E-state index contributed by atoms with van der Waals surface area (Å²) in [5.41, 5.74) is 1.20. The zero-order valence-corrected chi connectivity index (χ0v) is 10.6. The highest BCUT2D eigenvalue weighted by Crippen LogP contribution is 2.24. The molecule has 96 valence electrons. The van der Waals surface area contributed by atoms with Crippen molar-refractivity contribution in [2.24, 2.45) is 0 Å². The van der Waals surface area contributed by atoms with Crippen molar-refractivity contribution in [3.8, 4) is 0 Å². The van der Waals surface area contributed by atoms with Gasteiger partial charge in [0.15, 0.2) is 11.4 Å². The molecule has 0 radical (unpaired) electrons. The van der Waals surface area contributed by atoms with Crippen molar-refractivity contribution in [2.45, 2.75) is 26.3 Å². The first-order chi connectivity index (χ1) is 9.22. The van der Waals surface area contributed by atoms with E-state index in [1.807, 2.05) is 0 Å². The first kappa shape index (κ1) is 11.8. The van der Waals surface area contributed by atoms with Crippen LogP contribution in [-0.4, -0.2) is 26.6 Å². The van der Waals surface area contributed by atoms with Gasteiger partial charge >= 0.3 is 0 Å². The van der Waals surface area contributed by atoms with E-state index in [0.29, 0.717) is 17.7 Å². The average molecular weight is 255 g/mol. The molecule has 0 atom stereocenters. The highest BCUT2D eigenvalue weighted by molar-refractivity contribution is 6.26. The summed E-state index contributed by atoms with van der Waals surface area (Å²) in [5, 5.41) is 8.31. The molecule has 0 fully saturated rings. The Morgan fingerprint density at radius 1 is 1.00 bits per heavy atom. The summed E-state index contributed by atoms with van der Waals surface area (Å²) in [4.78, 5) is 26.0. The summed E-state index contributed by atoms with van der Waals surface area (Å²) in [7, 11) is 0. The lowest BCUT2D eigenvalue weighted by Crippen LogP contribution is -2.20. The van der Waals surface area contributed by atoms with Gasteiger partial charge in [-0.25, -0.2) is 0 Å². The van der Waals surface area contributed by atoms with Gasteiger partial charge in [-0.2, -0.15) is 4.80 Å². The Morgan fingerprint density at radius 3 is 2.00 bits per heavy atom. The van der Waals surface area contributed by atoms with Crippen molar-refractivity contribution < 1.29 is 9.59 Å². The van der Waals surface area contributed by atoms with Crippen LogP contribution in [0.5, 0.6) is 0 Å². The van der Waals surface area contributed by atoms with Gasteiger partial charge in [0.1, 0.15) is 0 Å². The van der Waals surface area contributed by atoms with E-state index in [-0.39, 0.29) is 23.0 Å². The van der Waals surface area contributed by atoms with Crippen LogP contribution in [0, 0.1) is 0 Å². The Morgan fingerprint density at radius 2 is 1.53 bits per heavy atom. The molecule has 3 rings (SSSR count). The quantitative estimate of drug-likeness (QED) is 0.716. The molecule has 1 aromatic carbocycles. The molecule has 0 N–H and O–H groups in total. The molecule has 1 heterocycles. The summed E-state index contributed by atoms with van der Waals surface area (Å²) in [5.74, 6) is -0.430. The fraction of sp³-hybridized carbons (Fsp3) is 0.286. The van der Waals surface area contributed by atoms with Crippen LogP contribution in [0.3, 0.4) is 0 Å². The molecule has 1 aromatic heterocycles. The SMILES string of the molecule is CCCCn1nc2c(n1)C(=O)c1ccccc1C2=O. The van der Waals surface area contributed by atoms with E-state index in [4.69, 9.17) is 0 Å². The van der Waals surface area contributed by atoms with Gasteiger partial charge in [0.25, 0.3) is 0 Å². The summed E-state index contributed by atoms with van der Waals surface area (Å²) >= 11 is 0. The first-order valence-electron chi connectivity index (χ1n) is 6.36. The van der Waals surface area contributed by atoms with E-state index < -0.39 is 0 Å². The number of hydrogen-bond donors (Lipinski definition) is 0. The number of rotatable bonds is 3. The van der Waals surface area contributed by atoms with Gasteiger partial charge in [0.2, 0.25) is 11.6 Å². The van der Waals surface area contributed by atoms with Crippen molar-refractivity contribution in [2.75, 3.05) is 0 Å². The molecule has 2 aromatic rings. The monoisotopic (exact) mass is 255 g/mol. The van der Waals surface area contributed by atoms with Gasteiger partial charge in [-0.1, -0.05) is 37.6 Å². The lowest BCUT2D eigenvalue weighted by Gasteiger charge is -2.10. The molecule has 0 saturated heterocycles. The van der Waals surface area contributed by atoms with Gasteiger partial charge < -0.3 is 0 Å². The van der Waals surface area contributed by atoms with E-state index in [0.717, 1.165) is 12.8 Å². The van der Waals surface area contributed by atoms with Crippen molar-refractivity contribution in [3.63, 3.8) is 0 Å². The van der Waals surface area contributed by atoms with Crippen LogP contribution in [0.2, 0.25) is 0 Å². The lowest BCUT2D eigenvalue weighted by atomic mass is 9.90. The molecular formula is C14H13N3O2. The maximum Gasteiger partial charge on any atom is 0.216 e. The standard InChI is InChI=1S/C14H13N3O2/c1-2-3-8-17-15-11-12(16-17)14(19)10-7-5-4-6-9(10)13(11)18/h4-7H,2-3,8H2,1H3. The Hall–Kier alpha value is -2.30. The van der Waals surface area contributed by atoms with Crippen molar-refractivity contribution in [1.82, 2.24) is 15.0 Å². The van der Waals surface area contributed by atoms with Crippen LogP contribution in [0.4, 0.5) is 0 Å². The third-order valence-corrected chi connectivity index (χ3v) is 3.21. The highest BCUT2D eigenvalue weighted by atomic mass is 16.1. The minimum Gasteiger partial charge on any atom is -0.287 e. The lowest BCUT2D eigenvalue weighted by molar-refractivity contribution is 0.0974. The third-order valence-electron chi connectivity index (χ3n) is 3.21. The van der Waals surface area contributed by atoms with Gasteiger partial charge in [0.05, 0.1) is 6.54 Å². The number of ketones is 2. The highest BCUT2D eigenvalue weighted by Gasteiger charge is 2.33. The molecule has 0 spiro atoms. The summed E-state index contributed by atoms with van der Waals surface area (Å²) < 4.78 is 0. The molecule has 5 heteroatoms. The minimum atomic E-state index is -0.215. The van der Waals surface area contributed by atoms with Crippen LogP contribution >= 0.6 is 0 Å². The maximum absolute atomic E-state index is 12.3. The van der Waals surface area contributed by atoms with Crippen molar-refractivity contribution in [3.05, 3.63) is 46.8 Å². The second-order valence-corrected chi connectivity index (χ2v) is 4.55. The first-order valence-corrected chi connectivity index (χ1v) is 6.36. The molecule has 5 nitrogen and oxygen atoms in total. The molecule has 0 bridgehead atoms.